The summed E-state index contributed by atoms with van der Waals surface area (Å²) < 4.78 is 9.70. The first-order chi connectivity index (χ1) is 27.8. The summed E-state index contributed by atoms with van der Waals surface area (Å²) in [6, 6.07) is 22.9. The van der Waals surface area contributed by atoms with Crippen LogP contribution in [0.15, 0.2) is 119 Å². The van der Waals surface area contributed by atoms with Crippen LogP contribution in [-0.2, 0) is 0 Å². The zero-order valence-corrected chi connectivity index (χ0v) is 35.9. The summed E-state index contributed by atoms with van der Waals surface area (Å²) in [6.07, 6.45) is 22.6. The first-order valence-electron chi connectivity index (χ1n) is 22.2. The number of hydrogen-bond acceptors (Lipinski definition) is 3. The van der Waals surface area contributed by atoms with Crippen molar-refractivity contribution in [3.63, 3.8) is 0 Å². The van der Waals surface area contributed by atoms with E-state index in [1.54, 1.807) is 5.57 Å². The fraction of sp³-hybridized carbons (Fsp3) is 0.426. The third-order valence-electron chi connectivity index (χ3n) is 16.8. The molecule has 10 unspecified atom stereocenters. The molecule has 4 aromatic rings. The lowest BCUT2D eigenvalue weighted by Gasteiger charge is -2.48. The first kappa shape index (κ1) is 36.3. The first-order valence-corrected chi connectivity index (χ1v) is 22.2. The standard InChI is InChI=1S/C54H59N3O/c1-31-22-24-35(25-23-31)49-39-17-10-11-21-44(39)55-51(56(49)9)57-45-29-36(37-18-13-19-40-47-32(2)15-14-28-53(47,7)58-50(37)40)26-27-38(45)41-30-43-46(34(4)48(41)57)42-20-12-16-33(3)54(42,8)52(43,5)6/h10-14,17-22,24-34,42,46-47,51H,15-16,23H2,1-9H3. The van der Waals surface area contributed by atoms with Crippen molar-refractivity contribution in [2.75, 3.05) is 7.05 Å². The maximum absolute atomic E-state index is 7.05. The molecule has 0 radical (unpaired) electrons. The molecule has 10 atom stereocenters. The van der Waals surface area contributed by atoms with Crippen LogP contribution < -0.4 is 15.3 Å². The Morgan fingerprint density at radius 3 is 2.50 bits per heavy atom. The van der Waals surface area contributed by atoms with Gasteiger partial charge in [-0.25, -0.2) is 4.99 Å². The Balaban J connectivity index is 1.16. The van der Waals surface area contributed by atoms with Gasteiger partial charge in [0, 0.05) is 51.9 Å². The Bertz CT molecular complexity index is 2720. The summed E-state index contributed by atoms with van der Waals surface area (Å²) in [5.41, 5.74) is 11.9. The molecule has 4 heteroatoms. The van der Waals surface area contributed by atoms with Crippen LogP contribution >= 0.6 is 0 Å². The average Bonchev–Trinajstić information content (AvgIpc) is 3.77. The summed E-state index contributed by atoms with van der Waals surface area (Å²) >= 11 is 0. The lowest BCUT2D eigenvalue weighted by atomic mass is 9.56. The second-order valence-corrected chi connectivity index (χ2v) is 20.1. The fourth-order valence-electron chi connectivity index (χ4n) is 13.4. The number of nitrogens with zero attached hydrogens (tertiary/aromatic N) is 3. The molecule has 0 amide bonds. The van der Waals surface area contributed by atoms with E-state index in [0.29, 0.717) is 41.4 Å². The van der Waals surface area contributed by atoms with Gasteiger partial charge in [-0.1, -0.05) is 145 Å². The molecule has 0 saturated heterocycles. The van der Waals surface area contributed by atoms with E-state index >= 15 is 0 Å². The molecule has 296 valence electrons. The summed E-state index contributed by atoms with van der Waals surface area (Å²) in [7, 11) is 2.28. The van der Waals surface area contributed by atoms with Crippen LogP contribution in [-0.4, -0.2) is 22.1 Å². The molecule has 1 aromatic heterocycles. The lowest BCUT2D eigenvalue weighted by molar-refractivity contribution is 0.0380. The topological polar surface area (TPSA) is 29.8 Å². The number of fused-ring (bicyclic) bond motifs is 10. The molecule has 4 nitrogen and oxygen atoms in total. The van der Waals surface area contributed by atoms with Crippen molar-refractivity contribution in [2.24, 2.45) is 45.4 Å². The van der Waals surface area contributed by atoms with Crippen LogP contribution in [0.5, 0.6) is 5.75 Å². The second kappa shape index (κ2) is 12.4. The molecule has 7 aliphatic rings. The average molecular weight is 766 g/mol. The number of ether oxygens (including phenoxy) is 1. The molecule has 3 aromatic carbocycles. The number of rotatable bonds is 3. The summed E-state index contributed by atoms with van der Waals surface area (Å²) in [5, 5.41) is 3.58. The van der Waals surface area contributed by atoms with Crippen LogP contribution in [0.3, 0.4) is 0 Å². The molecule has 3 heterocycles. The van der Waals surface area contributed by atoms with Gasteiger partial charge in [0.2, 0.25) is 6.29 Å². The minimum atomic E-state index is -0.325. The van der Waals surface area contributed by atoms with Crippen molar-refractivity contribution in [3.8, 4) is 16.9 Å². The SMILES string of the molecule is CC1C=CC(C2=c3ccccc3=NC(n3c4c(c5ccc(-c6cccc7c6OC6(C)C=CCC(C)C76)cc53)C=C3C(C4C)C4C=CCC(C)C4(C)C3(C)C)N2C)=CC1. The van der Waals surface area contributed by atoms with Gasteiger partial charge in [0.25, 0.3) is 0 Å². The highest BCUT2D eigenvalue weighted by atomic mass is 16.5. The Hall–Kier alpha value is -4.83. The molecule has 1 fully saturated rings. The molecular weight excluding hydrogens is 707 g/mol. The lowest BCUT2D eigenvalue weighted by Crippen LogP contribution is -2.43. The highest BCUT2D eigenvalue weighted by Crippen LogP contribution is 2.71. The van der Waals surface area contributed by atoms with Crippen molar-refractivity contribution in [1.29, 1.82) is 0 Å². The molecule has 58 heavy (non-hydrogen) atoms. The molecule has 1 saturated carbocycles. The Morgan fingerprint density at radius 1 is 0.862 bits per heavy atom. The second-order valence-electron chi connectivity index (χ2n) is 20.1. The van der Waals surface area contributed by atoms with Crippen molar-refractivity contribution in [1.82, 2.24) is 9.47 Å². The van der Waals surface area contributed by atoms with E-state index in [4.69, 9.17) is 9.73 Å². The quantitative estimate of drug-likeness (QED) is 0.194. The highest BCUT2D eigenvalue weighted by molar-refractivity contribution is 5.96. The summed E-state index contributed by atoms with van der Waals surface area (Å²) in [6.45, 7) is 19.7. The third-order valence-corrected chi connectivity index (χ3v) is 16.8. The van der Waals surface area contributed by atoms with Gasteiger partial charge in [-0.2, -0.15) is 0 Å². The molecule has 2 aliphatic heterocycles. The number of para-hydroxylation sites is 2. The number of aromatic nitrogens is 1. The molecule has 11 rings (SSSR count). The van der Waals surface area contributed by atoms with E-state index in [0.717, 1.165) is 30.4 Å². The number of hydrogen-bond donors (Lipinski definition) is 0. The molecular formula is C54H59N3O. The maximum atomic E-state index is 7.05. The van der Waals surface area contributed by atoms with Crippen LogP contribution in [0.4, 0.5) is 0 Å². The largest absolute Gasteiger partial charge is 0.482 e. The van der Waals surface area contributed by atoms with Gasteiger partial charge >= 0.3 is 0 Å². The van der Waals surface area contributed by atoms with Gasteiger partial charge in [0.1, 0.15) is 11.4 Å². The minimum Gasteiger partial charge on any atom is -0.482 e. The zero-order valence-electron chi connectivity index (χ0n) is 35.9. The third kappa shape index (κ3) is 4.66. The predicted octanol–water partition coefficient (Wildman–Crippen LogP) is 11.9. The number of likely N-dealkylation sites (N-methyl/N-ethyl adjacent to an activating group) is 1. The Kier molecular flexibility index (Phi) is 7.72. The van der Waals surface area contributed by atoms with E-state index in [-0.39, 0.29) is 22.7 Å². The van der Waals surface area contributed by atoms with Gasteiger partial charge in [-0.3, -0.25) is 0 Å². The predicted molar refractivity (Wildman–Crippen MR) is 239 cm³/mol. The number of allylic oxidation sites excluding steroid dienone is 6. The Morgan fingerprint density at radius 2 is 1.69 bits per heavy atom. The van der Waals surface area contributed by atoms with Crippen LogP contribution in [0.2, 0.25) is 0 Å². The summed E-state index contributed by atoms with van der Waals surface area (Å²) in [5.74, 6) is 4.28. The monoisotopic (exact) mass is 765 g/mol. The van der Waals surface area contributed by atoms with E-state index in [1.807, 2.05) is 0 Å². The van der Waals surface area contributed by atoms with Gasteiger partial charge in [0.15, 0.2) is 0 Å². The van der Waals surface area contributed by atoms with Crippen LogP contribution in [0.25, 0.3) is 33.8 Å². The van der Waals surface area contributed by atoms with Crippen molar-refractivity contribution in [2.45, 2.75) is 98.4 Å². The minimum absolute atomic E-state index is 0.0655. The Labute approximate surface area is 345 Å². The zero-order chi connectivity index (χ0) is 40.0. The molecule has 0 spiro atoms. The van der Waals surface area contributed by atoms with Gasteiger partial charge in [0.05, 0.1) is 16.6 Å². The number of benzene rings is 3. The van der Waals surface area contributed by atoms with Crippen molar-refractivity contribution in [3.05, 3.63) is 142 Å². The summed E-state index contributed by atoms with van der Waals surface area (Å²) in [4.78, 5) is 8.19. The van der Waals surface area contributed by atoms with E-state index < -0.39 is 0 Å². The smallest absolute Gasteiger partial charge is 0.203 e. The van der Waals surface area contributed by atoms with Gasteiger partial charge in [-0.15, -0.1) is 0 Å². The fourth-order valence-corrected chi connectivity index (χ4v) is 13.4. The molecule has 0 N–H and O–H groups in total. The van der Waals surface area contributed by atoms with E-state index in [1.165, 1.54) is 55.3 Å². The van der Waals surface area contributed by atoms with Crippen LogP contribution in [0.1, 0.15) is 110 Å². The maximum Gasteiger partial charge on any atom is 0.203 e. The van der Waals surface area contributed by atoms with Crippen molar-refractivity contribution < 1.29 is 4.74 Å². The van der Waals surface area contributed by atoms with E-state index in [2.05, 4.69) is 181 Å². The van der Waals surface area contributed by atoms with Gasteiger partial charge < -0.3 is 14.2 Å². The van der Waals surface area contributed by atoms with Crippen LogP contribution in [0, 0.1) is 40.4 Å². The van der Waals surface area contributed by atoms with E-state index in [9.17, 15) is 0 Å². The normalized spacial score (nSPS) is 34.9. The van der Waals surface area contributed by atoms with Gasteiger partial charge in [-0.05, 0) is 96.0 Å². The highest BCUT2D eigenvalue weighted by Gasteiger charge is 2.63. The molecule has 5 aliphatic carbocycles. The molecule has 0 bridgehead atoms. The van der Waals surface area contributed by atoms with Crippen molar-refractivity contribution >= 4 is 22.7 Å².